The zero-order valence-electron chi connectivity index (χ0n) is 20.3. The van der Waals surface area contributed by atoms with E-state index in [0.717, 1.165) is 17.8 Å². The number of nitrogens with one attached hydrogen (secondary N) is 1. The molecule has 1 aliphatic heterocycles. The molecule has 0 saturated carbocycles. The number of rotatable bonds is 9. The van der Waals surface area contributed by atoms with E-state index in [1.165, 1.54) is 29.9 Å². The molecule has 12 heteroatoms. The molecule has 1 aromatic carbocycles. The van der Waals surface area contributed by atoms with Gasteiger partial charge in [-0.05, 0) is 37.1 Å². The summed E-state index contributed by atoms with van der Waals surface area (Å²) >= 11 is 1.41. The summed E-state index contributed by atoms with van der Waals surface area (Å²) < 4.78 is 5.11. The van der Waals surface area contributed by atoms with Crippen molar-refractivity contribution in [2.75, 3.05) is 20.2 Å². The number of likely N-dealkylation sites (tertiary alicyclic amines) is 1. The molecule has 0 bridgehead atoms. The normalized spacial score (nSPS) is 14.3. The third-order valence-electron chi connectivity index (χ3n) is 6.03. The van der Waals surface area contributed by atoms with Crippen molar-refractivity contribution in [1.82, 2.24) is 25.3 Å². The highest BCUT2D eigenvalue weighted by atomic mass is 32.1. The second-order valence-corrected chi connectivity index (χ2v) is 9.30. The number of amidine groups is 1. The van der Waals surface area contributed by atoms with Crippen molar-refractivity contribution < 1.29 is 19.1 Å². The molecule has 3 heterocycles. The van der Waals surface area contributed by atoms with Crippen molar-refractivity contribution in [3.05, 3.63) is 70.2 Å². The van der Waals surface area contributed by atoms with Gasteiger partial charge in [-0.25, -0.2) is 15.4 Å². The summed E-state index contributed by atoms with van der Waals surface area (Å²) in [6, 6.07) is 6.88. The minimum atomic E-state index is -0.469. The number of carbonyl (C=O) groups excluding carboxylic acids is 3. The van der Waals surface area contributed by atoms with E-state index in [9.17, 15) is 14.4 Å². The number of ketones is 1. The third kappa shape index (κ3) is 6.73. The van der Waals surface area contributed by atoms with Gasteiger partial charge >= 0.3 is 0 Å². The van der Waals surface area contributed by atoms with Crippen LogP contribution in [0, 0.1) is 0 Å². The van der Waals surface area contributed by atoms with Crippen LogP contribution in [0.15, 0.2) is 53.3 Å². The van der Waals surface area contributed by atoms with Gasteiger partial charge in [0, 0.05) is 55.2 Å². The topological polar surface area (TPSA) is 153 Å². The Bertz CT molecular complexity index is 1270. The molecule has 1 fully saturated rings. The Morgan fingerprint density at radius 1 is 1.14 bits per heavy atom. The first kappa shape index (κ1) is 25.9. The lowest BCUT2D eigenvalue weighted by molar-refractivity contribution is -0.132. The zero-order chi connectivity index (χ0) is 26.2. The Labute approximate surface area is 217 Å². The molecule has 0 radical (unpaired) electrons. The molecule has 0 unspecified atom stereocenters. The van der Waals surface area contributed by atoms with Gasteiger partial charge in [-0.2, -0.15) is 5.10 Å². The minimum absolute atomic E-state index is 0.0296. The summed E-state index contributed by atoms with van der Waals surface area (Å²) in [5.41, 5.74) is 9.39. The number of nitrogens with zero attached hydrogens (tertiary/aromatic N) is 5. The van der Waals surface area contributed by atoms with Gasteiger partial charge < -0.3 is 15.4 Å². The average Bonchev–Trinajstić information content (AvgIpc) is 3.45. The van der Waals surface area contributed by atoms with Crippen molar-refractivity contribution >= 4 is 34.8 Å². The van der Waals surface area contributed by atoms with Crippen molar-refractivity contribution in [3.8, 4) is 5.75 Å². The molecule has 4 rings (SSSR count). The summed E-state index contributed by atoms with van der Waals surface area (Å²) in [5, 5.41) is 6.39. The van der Waals surface area contributed by atoms with Crippen LogP contribution in [-0.2, 0) is 4.79 Å². The van der Waals surface area contributed by atoms with Gasteiger partial charge in [-0.3, -0.25) is 19.4 Å². The lowest BCUT2D eigenvalue weighted by Gasteiger charge is -2.31. The van der Waals surface area contributed by atoms with Crippen LogP contribution in [0.5, 0.6) is 5.75 Å². The first-order valence-corrected chi connectivity index (χ1v) is 12.6. The van der Waals surface area contributed by atoms with Crippen LogP contribution >= 0.6 is 11.3 Å². The highest BCUT2D eigenvalue weighted by molar-refractivity contribution is 7.09. The van der Waals surface area contributed by atoms with E-state index in [-0.39, 0.29) is 42.0 Å². The number of hydrogen-bond donors (Lipinski definition) is 2. The van der Waals surface area contributed by atoms with Crippen molar-refractivity contribution in [2.24, 2.45) is 10.8 Å². The molecule has 3 N–H and O–H groups in total. The van der Waals surface area contributed by atoms with Crippen LogP contribution in [0.4, 0.5) is 0 Å². The highest BCUT2D eigenvalue weighted by Crippen LogP contribution is 2.30. The van der Waals surface area contributed by atoms with E-state index in [0.29, 0.717) is 30.1 Å². The largest absolute Gasteiger partial charge is 0.497 e. The number of methoxy groups -OCH3 is 1. The fourth-order valence-electron chi connectivity index (χ4n) is 3.91. The molecule has 0 aliphatic carbocycles. The van der Waals surface area contributed by atoms with Crippen LogP contribution in [0.1, 0.15) is 63.1 Å². The van der Waals surface area contributed by atoms with E-state index in [1.807, 2.05) is 0 Å². The number of Topliss-reactive ketones (excluding diaryl/α,β-unsaturated/α-hetero) is 1. The molecule has 3 aromatic rings. The van der Waals surface area contributed by atoms with E-state index in [2.05, 4.69) is 25.5 Å². The molecule has 0 atom stereocenters. The van der Waals surface area contributed by atoms with E-state index >= 15 is 0 Å². The SMILES string of the molecule is COc1ccc(C(=O)CCC(=O)N2CCC(c3nc(C(=O)N/N=C(/N)c4cnccn4)cs3)CC2)cc1. The molecule has 2 amide bonds. The van der Waals surface area contributed by atoms with E-state index in [1.54, 1.807) is 41.7 Å². The number of benzene rings is 1. The molecule has 0 spiro atoms. The number of nitrogens with two attached hydrogens (primary N) is 1. The summed E-state index contributed by atoms with van der Waals surface area (Å²) in [4.78, 5) is 51.7. The van der Waals surface area contributed by atoms with Crippen molar-refractivity contribution in [1.29, 1.82) is 0 Å². The maximum atomic E-state index is 12.7. The number of ether oxygens (including phenoxy) is 1. The molecule has 37 heavy (non-hydrogen) atoms. The lowest BCUT2D eigenvalue weighted by Crippen LogP contribution is -2.38. The number of piperidine rings is 1. The number of aromatic nitrogens is 3. The smallest absolute Gasteiger partial charge is 0.290 e. The molecule has 192 valence electrons. The number of thiazole rings is 1. The Morgan fingerprint density at radius 3 is 2.57 bits per heavy atom. The Balaban J connectivity index is 1.23. The molecule has 1 aliphatic rings. The van der Waals surface area contributed by atoms with Crippen LogP contribution < -0.4 is 15.9 Å². The van der Waals surface area contributed by atoms with E-state index in [4.69, 9.17) is 10.5 Å². The molecule has 11 nitrogen and oxygen atoms in total. The van der Waals surface area contributed by atoms with Gasteiger partial charge in [0.2, 0.25) is 5.91 Å². The van der Waals surface area contributed by atoms with E-state index < -0.39 is 5.91 Å². The second kappa shape index (κ2) is 12.2. The Morgan fingerprint density at radius 2 is 1.89 bits per heavy atom. The van der Waals surface area contributed by atoms with Crippen LogP contribution in [0.25, 0.3) is 0 Å². The third-order valence-corrected chi connectivity index (χ3v) is 7.04. The number of carbonyl (C=O) groups is 3. The van der Waals surface area contributed by atoms with Crippen molar-refractivity contribution in [2.45, 2.75) is 31.6 Å². The number of hydrazone groups is 1. The average molecular weight is 522 g/mol. The summed E-state index contributed by atoms with van der Waals surface area (Å²) in [5.74, 6) is 0.313. The second-order valence-electron chi connectivity index (χ2n) is 8.41. The first-order valence-electron chi connectivity index (χ1n) is 11.7. The molecular weight excluding hydrogens is 494 g/mol. The molecule has 1 saturated heterocycles. The van der Waals surface area contributed by atoms with Crippen LogP contribution in [-0.4, -0.2) is 63.5 Å². The number of amides is 2. The fourth-order valence-corrected chi connectivity index (χ4v) is 4.88. The fraction of sp³-hybridized carbons (Fsp3) is 0.320. The highest BCUT2D eigenvalue weighted by Gasteiger charge is 2.26. The Kier molecular flexibility index (Phi) is 8.52. The lowest BCUT2D eigenvalue weighted by atomic mass is 9.97. The predicted molar refractivity (Wildman–Crippen MR) is 137 cm³/mol. The minimum Gasteiger partial charge on any atom is -0.497 e. The van der Waals surface area contributed by atoms with Gasteiger partial charge in [-0.15, -0.1) is 11.3 Å². The summed E-state index contributed by atoms with van der Waals surface area (Å²) in [6.07, 6.45) is 6.26. The predicted octanol–water partition coefficient (Wildman–Crippen LogP) is 2.36. The maximum Gasteiger partial charge on any atom is 0.290 e. The van der Waals surface area contributed by atoms with Crippen LogP contribution in [0.2, 0.25) is 0 Å². The summed E-state index contributed by atoms with van der Waals surface area (Å²) in [6.45, 7) is 1.17. The monoisotopic (exact) mass is 521 g/mol. The Hall–Kier alpha value is -4.19. The van der Waals surface area contributed by atoms with Gasteiger partial charge in [0.25, 0.3) is 5.91 Å². The van der Waals surface area contributed by atoms with Gasteiger partial charge in [0.05, 0.1) is 18.3 Å². The van der Waals surface area contributed by atoms with Crippen molar-refractivity contribution in [3.63, 3.8) is 0 Å². The van der Waals surface area contributed by atoms with Crippen LogP contribution in [0.3, 0.4) is 0 Å². The zero-order valence-corrected chi connectivity index (χ0v) is 21.1. The molecular formula is C25H27N7O4S. The first-order chi connectivity index (χ1) is 17.9. The quantitative estimate of drug-likeness (QED) is 0.188. The van der Waals surface area contributed by atoms with Gasteiger partial charge in [-0.1, -0.05) is 0 Å². The number of hydrogen-bond acceptors (Lipinski definition) is 9. The standard InChI is InChI=1S/C25H27N7O4S/c1-36-18-4-2-16(3-5-18)21(33)6-7-22(34)32-12-8-17(9-13-32)25-29-20(15-37-25)24(35)31-30-23(26)19-14-27-10-11-28-19/h2-5,10-11,14-15,17H,6-9,12-13H2,1H3,(H2,26,30)(H,31,35). The van der Waals surface area contributed by atoms with Gasteiger partial charge in [0.1, 0.15) is 17.1 Å². The molecule has 2 aromatic heterocycles. The summed E-state index contributed by atoms with van der Waals surface area (Å²) in [7, 11) is 1.57. The van der Waals surface area contributed by atoms with Gasteiger partial charge in [0.15, 0.2) is 11.6 Å². The maximum absolute atomic E-state index is 12.7.